The Kier molecular flexibility index (Phi) is 4.58. The standard InChI is InChI=1S/C13H17ClN2O2/c1-18-12-8-15-7-11(12)16-13(17)6-9-3-2-4-10(14)5-9/h2-5,11-12,15H,6-8H2,1H3,(H,16,17)/t11?,12-/m1/s1. The van der Waals surface area contributed by atoms with Gasteiger partial charge in [-0.25, -0.2) is 0 Å². The summed E-state index contributed by atoms with van der Waals surface area (Å²) in [4.78, 5) is 11.9. The Morgan fingerprint density at radius 2 is 2.39 bits per heavy atom. The fraction of sp³-hybridized carbons (Fsp3) is 0.462. The number of benzene rings is 1. The highest BCUT2D eigenvalue weighted by Gasteiger charge is 2.27. The summed E-state index contributed by atoms with van der Waals surface area (Å²) in [5, 5.41) is 6.82. The van der Waals surface area contributed by atoms with Gasteiger partial charge in [0.15, 0.2) is 0 Å². The van der Waals surface area contributed by atoms with Crippen LogP contribution in [0.1, 0.15) is 5.56 Å². The second-order valence-corrected chi connectivity index (χ2v) is 4.85. The van der Waals surface area contributed by atoms with Gasteiger partial charge in [0.05, 0.1) is 18.6 Å². The molecule has 1 aromatic rings. The molecule has 0 aliphatic carbocycles. The Morgan fingerprint density at radius 1 is 1.56 bits per heavy atom. The topological polar surface area (TPSA) is 50.4 Å². The number of nitrogens with one attached hydrogen (secondary N) is 2. The van der Waals surface area contributed by atoms with E-state index in [1.165, 1.54) is 0 Å². The summed E-state index contributed by atoms with van der Waals surface area (Å²) in [5.74, 6) is -0.00647. The number of amides is 1. The second-order valence-electron chi connectivity index (χ2n) is 4.41. The van der Waals surface area contributed by atoms with Crippen molar-refractivity contribution in [3.05, 3.63) is 34.9 Å². The van der Waals surface area contributed by atoms with Crippen LogP contribution < -0.4 is 10.6 Å². The van der Waals surface area contributed by atoms with Crippen molar-refractivity contribution in [2.75, 3.05) is 20.2 Å². The van der Waals surface area contributed by atoms with Crippen LogP contribution in [0.5, 0.6) is 0 Å². The third-order valence-electron chi connectivity index (χ3n) is 3.06. The van der Waals surface area contributed by atoms with Crippen molar-refractivity contribution in [3.8, 4) is 0 Å². The smallest absolute Gasteiger partial charge is 0.224 e. The van der Waals surface area contributed by atoms with Crippen molar-refractivity contribution in [2.45, 2.75) is 18.6 Å². The lowest BCUT2D eigenvalue weighted by molar-refractivity contribution is -0.121. The summed E-state index contributed by atoms with van der Waals surface area (Å²) >= 11 is 5.88. The average molecular weight is 269 g/mol. The highest BCUT2D eigenvalue weighted by Crippen LogP contribution is 2.11. The molecule has 18 heavy (non-hydrogen) atoms. The number of hydrogen-bond acceptors (Lipinski definition) is 3. The molecule has 0 spiro atoms. The first-order chi connectivity index (χ1) is 8.69. The molecule has 4 nitrogen and oxygen atoms in total. The number of carbonyl (C=O) groups is 1. The first-order valence-corrected chi connectivity index (χ1v) is 6.34. The largest absolute Gasteiger partial charge is 0.378 e. The summed E-state index contributed by atoms with van der Waals surface area (Å²) in [7, 11) is 1.66. The Bertz CT molecular complexity index is 425. The maximum Gasteiger partial charge on any atom is 0.224 e. The lowest BCUT2D eigenvalue weighted by Crippen LogP contribution is -2.44. The molecule has 1 saturated heterocycles. The normalized spacial score (nSPS) is 23.0. The number of ether oxygens (including phenoxy) is 1. The maximum absolute atomic E-state index is 11.9. The fourth-order valence-electron chi connectivity index (χ4n) is 2.14. The molecule has 2 N–H and O–H groups in total. The third-order valence-corrected chi connectivity index (χ3v) is 3.30. The maximum atomic E-state index is 11.9. The van der Waals surface area contributed by atoms with Crippen LogP contribution in [-0.4, -0.2) is 38.3 Å². The van der Waals surface area contributed by atoms with Crippen LogP contribution in [0.15, 0.2) is 24.3 Å². The summed E-state index contributed by atoms with van der Waals surface area (Å²) in [6.45, 7) is 1.53. The molecule has 0 bridgehead atoms. The quantitative estimate of drug-likeness (QED) is 0.856. The van der Waals surface area contributed by atoms with Gasteiger partial charge >= 0.3 is 0 Å². The van der Waals surface area contributed by atoms with Crippen molar-refractivity contribution in [1.29, 1.82) is 0 Å². The number of halogens is 1. The molecule has 0 radical (unpaired) electrons. The summed E-state index contributed by atoms with van der Waals surface area (Å²) in [6.07, 6.45) is 0.390. The van der Waals surface area contributed by atoms with Crippen LogP contribution >= 0.6 is 11.6 Å². The molecule has 1 aliphatic heterocycles. The molecule has 1 heterocycles. The van der Waals surface area contributed by atoms with E-state index in [-0.39, 0.29) is 18.1 Å². The van der Waals surface area contributed by atoms with Gasteiger partial charge in [0.2, 0.25) is 5.91 Å². The molecule has 1 aromatic carbocycles. The zero-order valence-electron chi connectivity index (χ0n) is 10.3. The van der Waals surface area contributed by atoms with E-state index in [2.05, 4.69) is 10.6 Å². The minimum absolute atomic E-state index is 0.00647. The van der Waals surface area contributed by atoms with Gasteiger partial charge in [-0.15, -0.1) is 0 Å². The second kappa shape index (κ2) is 6.18. The first-order valence-electron chi connectivity index (χ1n) is 5.96. The van der Waals surface area contributed by atoms with Crippen molar-refractivity contribution < 1.29 is 9.53 Å². The van der Waals surface area contributed by atoms with Crippen LogP contribution in [0.3, 0.4) is 0 Å². The Hall–Kier alpha value is -1.10. The first kappa shape index (κ1) is 13.3. The molecule has 1 unspecified atom stereocenters. The molecule has 5 heteroatoms. The molecule has 1 fully saturated rings. The van der Waals surface area contributed by atoms with E-state index in [9.17, 15) is 4.79 Å². The van der Waals surface area contributed by atoms with Gasteiger partial charge in [-0.2, -0.15) is 0 Å². The van der Waals surface area contributed by atoms with Crippen molar-refractivity contribution in [3.63, 3.8) is 0 Å². The molecule has 1 amide bonds. The van der Waals surface area contributed by atoms with E-state index in [1.807, 2.05) is 18.2 Å². The van der Waals surface area contributed by atoms with E-state index in [1.54, 1.807) is 13.2 Å². The fourth-order valence-corrected chi connectivity index (χ4v) is 2.35. The van der Waals surface area contributed by atoms with E-state index < -0.39 is 0 Å². The van der Waals surface area contributed by atoms with Crippen LogP contribution in [0.2, 0.25) is 5.02 Å². The van der Waals surface area contributed by atoms with Gasteiger partial charge < -0.3 is 15.4 Å². The van der Waals surface area contributed by atoms with Gasteiger partial charge in [-0.3, -0.25) is 4.79 Å². The highest BCUT2D eigenvalue weighted by atomic mass is 35.5. The molecule has 0 saturated carbocycles. The van der Waals surface area contributed by atoms with Gasteiger partial charge in [0, 0.05) is 25.2 Å². The number of hydrogen-bond donors (Lipinski definition) is 2. The highest BCUT2D eigenvalue weighted by molar-refractivity contribution is 6.30. The molecular weight excluding hydrogens is 252 g/mol. The van der Waals surface area contributed by atoms with Crippen LogP contribution in [0.4, 0.5) is 0 Å². The summed E-state index contributed by atoms with van der Waals surface area (Å²) in [5.41, 5.74) is 0.917. The SMILES string of the molecule is CO[C@@H]1CNCC1NC(=O)Cc1cccc(Cl)c1. The summed E-state index contributed by atoms with van der Waals surface area (Å²) < 4.78 is 5.30. The van der Waals surface area contributed by atoms with Crippen LogP contribution in [-0.2, 0) is 16.0 Å². The van der Waals surface area contributed by atoms with Gasteiger partial charge in [0.25, 0.3) is 0 Å². The van der Waals surface area contributed by atoms with Gasteiger partial charge in [0.1, 0.15) is 0 Å². The van der Waals surface area contributed by atoms with E-state index in [4.69, 9.17) is 16.3 Å². The average Bonchev–Trinajstić information content (AvgIpc) is 2.76. The van der Waals surface area contributed by atoms with Crippen LogP contribution in [0.25, 0.3) is 0 Å². The minimum Gasteiger partial charge on any atom is -0.378 e. The van der Waals surface area contributed by atoms with Crippen LogP contribution in [0, 0.1) is 0 Å². The molecule has 98 valence electrons. The van der Waals surface area contributed by atoms with E-state index >= 15 is 0 Å². The van der Waals surface area contributed by atoms with E-state index in [0.717, 1.165) is 18.7 Å². The Labute approximate surface area is 112 Å². The van der Waals surface area contributed by atoms with Crippen molar-refractivity contribution in [2.24, 2.45) is 0 Å². The molecule has 2 rings (SSSR count). The molecule has 1 aliphatic rings. The zero-order valence-corrected chi connectivity index (χ0v) is 11.0. The third kappa shape index (κ3) is 3.45. The monoisotopic (exact) mass is 268 g/mol. The zero-order chi connectivity index (χ0) is 13.0. The number of rotatable bonds is 4. The number of carbonyl (C=O) groups excluding carboxylic acids is 1. The molecular formula is C13H17ClN2O2. The lowest BCUT2D eigenvalue weighted by Gasteiger charge is -2.18. The predicted octanol–water partition coefficient (Wildman–Crippen LogP) is 0.986. The Morgan fingerprint density at radius 3 is 3.11 bits per heavy atom. The van der Waals surface area contributed by atoms with Crippen molar-refractivity contribution in [1.82, 2.24) is 10.6 Å². The van der Waals surface area contributed by atoms with Gasteiger partial charge in [-0.1, -0.05) is 23.7 Å². The van der Waals surface area contributed by atoms with E-state index in [0.29, 0.717) is 11.4 Å². The lowest BCUT2D eigenvalue weighted by atomic mass is 10.1. The number of methoxy groups -OCH3 is 1. The van der Waals surface area contributed by atoms with Crippen molar-refractivity contribution >= 4 is 17.5 Å². The Balaban J connectivity index is 1.89. The molecule has 2 atom stereocenters. The minimum atomic E-state index is -0.00647. The predicted molar refractivity (Wildman–Crippen MR) is 70.8 cm³/mol. The van der Waals surface area contributed by atoms with Gasteiger partial charge in [-0.05, 0) is 17.7 Å². The molecule has 0 aromatic heterocycles. The summed E-state index contributed by atoms with van der Waals surface area (Å²) in [6, 6.07) is 7.39.